The minimum atomic E-state index is -0.475. The topological polar surface area (TPSA) is 82.3 Å². The van der Waals surface area contributed by atoms with E-state index < -0.39 is 5.69 Å². The third-order valence-corrected chi connectivity index (χ3v) is 5.37. The van der Waals surface area contributed by atoms with E-state index in [1.807, 2.05) is 31.2 Å². The van der Waals surface area contributed by atoms with Gasteiger partial charge in [-0.05, 0) is 30.4 Å². The summed E-state index contributed by atoms with van der Waals surface area (Å²) in [4.78, 5) is 37.9. The van der Waals surface area contributed by atoms with Gasteiger partial charge in [0.2, 0.25) is 5.91 Å². The fraction of sp³-hybridized carbons (Fsp3) is 0.350. The largest absolute Gasteiger partial charge is 0.385 e. The number of amides is 1. The van der Waals surface area contributed by atoms with Crippen molar-refractivity contribution in [1.29, 1.82) is 0 Å². The molecule has 0 aliphatic carbocycles. The predicted octanol–water partition coefficient (Wildman–Crippen LogP) is 1.89. The van der Waals surface area contributed by atoms with Gasteiger partial charge in [-0.1, -0.05) is 29.8 Å². The van der Waals surface area contributed by atoms with E-state index in [-0.39, 0.29) is 24.6 Å². The molecule has 1 aromatic carbocycles. The first-order valence-corrected chi connectivity index (χ1v) is 9.91. The second kappa shape index (κ2) is 8.99. The zero-order valence-electron chi connectivity index (χ0n) is 15.9. The number of thiophene rings is 1. The fourth-order valence-corrected chi connectivity index (χ4v) is 3.80. The number of methoxy groups -OCH3 is 1. The molecule has 28 heavy (non-hydrogen) atoms. The van der Waals surface area contributed by atoms with Crippen LogP contribution in [0.5, 0.6) is 0 Å². The molecule has 0 aliphatic rings. The Kier molecular flexibility index (Phi) is 6.43. The number of carbonyl (C=O) groups excluding carboxylic acids is 1. The molecule has 0 bridgehead atoms. The van der Waals surface area contributed by atoms with Crippen LogP contribution in [0.4, 0.5) is 0 Å². The Bertz CT molecular complexity index is 1080. The second-order valence-electron chi connectivity index (χ2n) is 6.57. The molecule has 0 spiro atoms. The molecule has 1 amide bonds. The highest BCUT2D eigenvalue weighted by atomic mass is 32.1. The molecule has 7 nitrogen and oxygen atoms in total. The maximum Gasteiger partial charge on any atom is 0.332 e. The van der Waals surface area contributed by atoms with Crippen molar-refractivity contribution in [2.24, 2.45) is 0 Å². The normalized spacial score (nSPS) is 11.1. The van der Waals surface area contributed by atoms with Gasteiger partial charge in [0.15, 0.2) is 0 Å². The van der Waals surface area contributed by atoms with Crippen LogP contribution in [0.15, 0.2) is 45.3 Å². The van der Waals surface area contributed by atoms with Crippen LogP contribution in [0.1, 0.15) is 17.5 Å². The van der Waals surface area contributed by atoms with Crippen molar-refractivity contribution < 1.29 is 9.53 Å². The van der Waals surface area contributed by atoms with Gasteiger partial charge in [-0.3, -0.25) is 18.7 Å². The Balaban J connectivity index is 1.82. The van der Waals surface area contributed by atoms with Gasteiger partial charge >= 0.3 is 5.69 Å². The maximum absolute atomic E-state index is 12.9. The minimum absolute atomic E-state index is 0.136. The van der Waals surface area contributed by atoms with Crippen LogP contribution in [0, 0.1) is 6.92 Å². The number of hydrogen-bond donors (Lipinski definition) is 1. The summed E-state index contributed by atoms with van der Waals surface area (Å²) >= 11 is 1.27. The summed E-state index contributed by atoms with van der Waals surface area (Å²) in [6, 6.07) is 9.58. The van der Waals surface area contributed by atoms with Gasteiger partial charge in [-0.2, -0.15) is 0 Å². The Morgan fingerprint density at radius 1 is 1.14 bits per heavy atom. The first-order valence-electron chi connectivity index (χ1n) is 9.03. The molecule has 3 aromatic rings. The third kappa shape index (κ3) is 4.40. The van der Waals surface area contributed by atoms with Crippen LogP contribution in [0.3, 0.4) is 0 Å². The monoisotopic (exact) mass is 401 g/mol. The highest BCUT2D eigenvalue weighted by molar-refractivity contribution is 7.17. The van der Waals surface area contributed by atoms with Crippen LogP contribution in [-0.2, 0) is 29.2 Å². The molecule has 8 heteroatoms. The first-order chi connectivity index (χ1) is 13.5. The summed E-state index contributed by atoms with van der Waals surface area (Å²) in [7, 11) is 1.57. The number of benzene rings is 1. The number of aromatic nitrogens is 2. The van der Waals surface area contributed by atoms with Crippen molar-refractivity contribution in [2.45, 2.75) is 33.0 Å². The second-order valence-corrected chi connectivity index (χ2v) is 7.49. The molecule has 3 rings (SSSR count). The van der Waals surface area contributed by atoms with E-state index in [0.29, 0.717) is 29.8 Å². The van der Waals surface area contributed by atoms with Crippen molar-refractivity contribution in [3.63, 3.8) is 0 Å². The summed E-state index contributed by atoms with van der Waals surface area (Å²) in [5.74, 6) is -0.280. The lowest BCUT2D eigenvalue weighted by Gasteiger charge is -2.12. The zero-order valence-corrected chi connectivity index (χ0v) is 16.8. The molecule has 0 radical (unpaired) electrons. The predicted molar refractivity (Wildman–Crippen MR) is 110 cm³/mol. The number of hydrogen-bond acceptors (Lipinski definition) is 5. The van der Waals surface area contributed by atoms with Gasteiger partial charge in [0.25, 0.3) is 5.56 Å². The van der Waals surface area contributed by atoms with Crippen LogP contribution in [-0.4, -0.2) is 28.8 Å². The lowest BCUT2D eigenvalue weighted by molar-refractivity contribution is -0.121. The molecule has 148 valence electrons. The van der Waals surface area contributed by atoms with E-state index in [1.165, 1.54) is 20.5 Å². The summed E-state index contributed by atoms with van der Waals surface area (Å²) in [5, 5.41) is 4.59. The van der Waals surface area contributed by atoms with Gasteiger partial charge in [-0.15, -0.1) is 11.3 Å². The quantitative estimate of drug-likeness (QED) is 0.585. The molecule has 0 saturated carbocycles. The molecule has 0 atom stereocenters. The van der Waals surface area contributed by atoms with E-state index in [2.05, 4.69) is 5.32 Å². The first kappa shape index (κ1) is 20.0. The van der Waals surface area contributed by atoms with Crippen LogP contribution in [0.25, 0.3) is 10.2 Å². The highest BCUT2D eigenvalue weighted by Gasteiger charge is 2.16. The Morgan fingerprint density at radius 3 is 2.61 bits per heavy atom. The van der Waals surface area contributed by atoms with Gasteiger partial charge in [0, 0.05) is 26.8 Å². The molecular formula is C20H23N3O4S. The van der Waals surface area contributed by atoms with Crippen LogP contribution < -0.4 is 16.6 Å². The lowest BCUT2D eigenvalue weighted by Crippen LogP contribution is -2.42. The Labute approximate surface area is 166 Å². The van der Waals surface area contributed by atoms with Gasteiger partial charge in [0.1, 0.15) is 11.2 Å². The average Bonchev–Trinajstić information content (AvgIpc) is 3.17. The molecule has 0 fully saturated rings. The highest BCUT2D eigenvalue weighted by Crippen LogP contribution is 2.15. The molecule has 0 aliphatic heterocycles. The molecule has 0 saturated heterocycles. The van der Waals surface area contributed by atoms with Crippen molar-refractivity contribution >= 4 is 27.5 Å². The van der Waals surface area contributed by atoms with Crippen molar-refractivity contribution in [3.8, 4) is 0 Å². The Morgan fingerprint density at radius 2 is 1.89 bits per heavy atom. The standard InChI is InChI=1S/C20H23N3O4S/c1-14-4-6-15(7-5-14)12-21-17(24)13-23-16-8-11-28-18(16)19(25)22(20(23)26)9-3-10-27-2/h4-8,11H,3,9-10,12-13H2,1-2H3,(H,21,24). The van der Waals surface area contributed by atoms with E-state index in [0.717, 1.165) is 11.1 Å². The van der Waals surface area contributed by atoms with Crippen molar-refractivity contribution in [1.82, 2.24) is 14.5 Å². The third-order valence-electron chi connectivity index (χ3n) is 4.48. The summed E-state index contributed by atoms with van der Waals surface area (Å²) in [5.41, 5.74) is 1.84. The van der Waals surface area contributed by atoms with E-state index in [4.69, 9.17) is 4.74 Å². The van der Waals surface area contributed by atoms with Gasteiger partial charge < -0.3 is 10.1 Å². The summed E-state index contributed by atoms with van der Waals surface area (Å²) in [6.07, 6.45) is 0.544. The molecular weight excluding hydrogens is 378 g/mol. The SMILES string of the molecule is COCCCn1c(=O)c2sccc2n(CC(=O)NCc2ccc(C)cc2)c1=O. The fourth-order valence-electron chi connectivity index (χ4n) is 2.96. The van der Waals surface area contributed by atoms with Gasteiger partial charge in [-0.25, -0.2) is 4.79 Å². The molecule has 1 N–H and O–H groups in total. The number of nitrogens with zero attached hydrogens (tertiary/aromatic N) is 2. The number of rotatable bonds is 8. The van der Waals surface area contributed by atoms with E-state index >= 15 is 0 Å². The van der Waals surface area contributed by atoms with Crippen LogP contribution >= 0.6 is 11.3 Å². The van der Waals surface area contributed by atoms with Crippen LogP contribution in [0.2, 0.25) is 0 Å². The summed E-state index contributed by atoms with van der Waals surface area (Å²) in [6.45, 7) is 2.95. The Hall–Kier alpha value is -2.71. The average molecular weight is 401 g/mol. The lowest BCUT2D eigenvalue weighted by atomic mass is 10.1. The number of nitrogens with one attached hydrogen (secondary N) is 1. The van der Waals surface area contributed by atoms with E-state index in [9.17, 15) is 14.4 Å². The van der Waals surface area contributed by atoms with Crippen molar-refractivity contribution in [2.75, 3.05) is 13.7 Å². The van der Waals surface area contributed by atoms with E-state index in [1.54, 1.807) is 18.6 Å². The minimum Gasteiger partial charge on any atom is -0.385 e. The molecule has 2 heterocycles. The summed E-state index contributed by atoms with van der Waals surface area (Å²) < 4.78 is 8.03. The zero-order chi connectivity index (χ0) is 20.1. The smallest absolute Gasteiger partial charge is 0.332 e. The maximum atomic E-state index is 12.9. The molecule has 0 unspecified atom stereocenters. The number of aryl methyl sites for hydroxylation is 1. The van der Waals surface area contributed by atoms with Crippen molar-refractivity contribution in [3.05, 3.63) is 67.7 Å². The number of carbonyl (C=O) groups is 1. The molecule has 2 aromatic heterocycles. The number of ether oxygens (including phenoxy) is 1. The van der Waals surface area contributed by atoms with Gasteiger partial charge in [0.05, 0.1) is 5.52 Å². The number of fused-ring (bicyclic) bond motifs is 1.